The molecule has 1 fully saturated rings. The Morgan fingerprint density at radius 1 is 1.20 bits per heavy atom. The topological polar surface area (TPSA) is 72.9 Å². The van der Waals surface area contributed by atoms with Crippen molar-refractivity contribution in [3.05, 3.63) is 0 Å². The Morgan fingerprint density at radius 3 is 2.30 bits per heavy atom. The molecule has 2 N–H and O–H groups in total. The van der Waals surface area contributed by atoms with E-state index in [1.807, 2.05) is 18.7 Å². The lowest BCUT2D eigenvalue weighted by Gasteiger charge is -2.37. The van der Waals surface area contributed by atoms with Crippen LogP contribution in [0.1, 0.15) is 33.6 Å². The van der Waals surface area contributed by atoms with Crippen LogP contribution in [0.25, 0.3) is 0 Å². The molecule has 6 heteroatoms. The number of hydrogen-bond donors (Lipinski definition) is 2. The van der Waals surface area contributed by atoms with E-state index in [0.717, 1.165) is 25.9 Å². The number of aliphatic carboxylic acids is 1. The third-order valence-corrected chi connectivity index (χ3v) is 3.80. The first-order valence-electron chi connectivity index (χ1n) is 7.42. The summed E-state index contributed by atoms with van der Waals surface area (Å²) in [6.45, 7) is 9.02. The van der Waals surface area contributed by atoms with Gasteiger partial charge in [0, 0.05) is 32.2 Å². The SMILES string of the molecule is CCCC(C)NC(=O)C(C)N1CCN(CC(=O)O)CC1. The molecule has 0 spiro atoms. The first-order valence-corrected chi connectivity index (χ1v) is 7.42. The van der Waals surface area contributed by atoms with Crippen LogP contribution in [0.2, 0.25) is 0 Å². The number of rotatable bonds is 7. The van der Waals surface area contributed by atoms with Crippen molar-refractivity contribution >= 4 is 11.9 Å². The van der Waals surface area contributed by atoms with Gasteiger partial charge < -0.3 is 10.4 Å². The Morgan fingerprint density at radius 2 is 1.80 bits per heavy atom. The van der Waals surface area contributed by atoms with Crippen LogP contribution in [-0.4, -0.2) is 71.6 Å². The minimum atomic E-state index is -0.794. The van der Waals surface area contributed by atoms with Crippen molar-refractivity contribution in [2.75, 3.05) is 32.7 Å². The molecule has 0 bridgehead atoms. The Balaban J connectivity index is 2.36. The van der Waals surface area contributed by atoms with Crippen molar-refractivity contribution in [3.63, 3.8) is 0 Å². The number of hydrogen-bond acceptors (Lipinski definition) is 4. The predicted molar refractivity (Wildman–Crippen MR) is 77.6 cm³/mol. The molecule has 1 saturated heterocycles. The van der Waals surface area contributed by atoms with E-state index in [1.54, 1.807) is 0 Å². The Hall–Kier alpha value is -1.14. The zero-order valence-electron chi connectivity index (χ0n) is 12.8. The van der Waals surface area contributed by atoms with E-state index in [-0.39, 0.29) is 24.5 Å². The maximum Gasteiger partial charge on any atom is 0.317 e. The first kappa shape index (κ1) is 16.9. The number of carbonyl (C=O) groups is 2. The highest BCUT2D eigenvalue weighted by atomic mass is 16.4. The van der Waals surface area contributed by atoms with E-state index in [0.29, 0.717) is 13.1 Å². The first-order chi connectivity index (χ1) is 9.43. The molecule has 116 valence electrons. The Labute approximate surface area is 121 Å². The van der Waals surface area contributed by atoms with E-state index >= 15 is 0 Å². The Bertz CT molecular complexity index is 328. The molecule has 2 atom stereocenters. The average Bonchev–Trinajstić information content (AvgIpc) is 2.38. The predicted octanol–water partition coefficient (Wildman–Crippen LogP) is 0.382. The van der Waals surface area contributed by atoms with Gasteiger partial charge >= 0.3 is 5.97 Å². The third kappa shape index (κ3) is 5.46. The fourth-order valence-corrected chi connectivity index (χ4v) is 2.53. The summed E-state index contributed by atoms with van der Waals surface area (Å²) in [5.41, 5.74) is 0. The van der Waals surface area contributed by atoms with Crippen LogP contribution in [-0.2, 0) is 9.59 Å². The minimum Gasteiger partial charge on any atom is -0.480 e. The third-order valence-electron chi connectivity index (χ3n) is 3.80. The molecule has 1 aliphatic heterocycles. The lowest BCUT2D eigenvalue weighted by Crippen LogP contribution is -2.55. The normalized spacial score (nSPS) is 20.4. The number of piperazine rings is 1. The zero-order chi connectivity index (χ0) is 15.1. The molecular formula is C14H27N3O3. The van der Waals surface area contributed by atoms with Crippen molar-refractivity contribution in [2.24, 2.45) is 0 Å². The van der Waals surface area contributed by atoms with Gasteiger partial charge in [0.1, 0.15) is 0 Å². The van der Waals surface area contributed by atoms with E-state index in [9.17, 15) is 9.59 Å². The van der Waals surface area contributed by atoms with E-state index in [1.165, 1.54) is 0 Å². The second-order valence-corrected chi connectivity index (χ2v) is 5.58. The summed E-state index contributed by atoms with van der Waals surface area (Å²) in [5, 5.41) is 11.8. The highest BCUT2D eigenvalue weighted by Gasteiger charge is 2.26. The molecule has 0 aromatic rings. The van der Waals surface area contributed by atoms with Crippen LogP contribution in [0.4, 0.5) is 0 Å². The second kappa shape index (κ2) is 8.21. The maximum atomic E-state index is 12.1. The largest absolute Gasteiger partial charge is 0.480 e. The van der Waals surface area contributed by atoms with Crippen molar-refractivity contribution in [1.82, 2.24) is 15.1 Å². The van der Waals surface area contributed by atoms with Crippen molar-refractivity contribution in [2.45, 2.75) is 45.7 Å². The molecule has 1 amide bonds. The van der Waals surface area contributed by atoms with Crippen LogP contribution < -0.4 is 5.32 Å². The number of nitrogens with one attached hydrogen (secondary N) is 1. The van der Waals surface area contributed by atoms with Crippen LogP contribution >= 0.6 is 0 Å². The minimum absolute atomic E-state index is 0.0673. The quantitative estimate of drug-likeness (QED) is 0.707. The number of nitrogens with zero attached hydrogens (tertiary/aromatic N) is 2. The maximum absolute atomic E-state index is 12.1. The molecule has 20 heavy (non-hydrogen) atoms. The van der Waals surface area contributed by atoms with E-state index in [2.05, 4.69) is 17.1 Å². The van der Waals surface area contributed by atoms with Crippen LogP contribution in [0, 0.1) is 0 Å². The van der Waals surface area contributed by atoms with Gasteiger partial charge in [0.15, 0.2) is 0 Å². The Kier molecular flexibility index (Phi) is 6.95. The molecule has 0 aromatic heterocycles. The van der Waals surface area contributed by atoms with Gasteiger partial charge in [-0.25, -0.2) is 0 Å². The van der Waals surface area contributed by atoms with Crippen molar-refractivity contribution < 1.29 is 14.7 Å². The number of carboxylic acid groups (broad SMARTS) is 1. The van der Waals surface area contributed by atoms with Gasteiger partial charge in [0.05, 0.1) is 12.6 Å². The van der Waals surface area contributed by atoms with Crippen LogP contribution in [0.5, 0.6) is 0 Å². The molecule has 0 aliphatic carbocycles. The molecular weight excluding hydrogens is 258 g/mol. The number of amides is 1. The lowest BCUT2D eigenvalue weighted by molar-refractivity contribution is -0.139. The lowest BCUT2D eigenvalue weighted by atomic mass is 10.1. The van der Waals surface area contributed by atoms with E-state index < -0.39 is 5.97 Å². The van der Waals surface area contributed by atoms with Gasteiger partial charge in [-0.1, -0.05) is 13.3 Å². The number of carbonyl (C=O) groups excluding carboxylic acids is 1. The monoisotopic (exact) mass is 285 g/mol. The van der Waals surface area contributed by atoms with Gasteiger partial charge in [-0.2, -0.15) is 0 Å². The molecule has 2 unspecified atom stereocenters. The molecule has 1 heterocycles. The van der Waals surface area contributed by atoms with Gasteiger partial charge in [-0.3, -0.25) is 19.4 Å². The number of carboxylic acids is 1. The average molecular weight is 285 g/mol. The molecule has 0 aromatic carbocycles. The van der Waals surface area contributed by atoms with Gasteiger partial charge in [0.25, 0.3) is 0 Å². The molecule has 0 radical (unpaired) electrons. The fraction of sp³-hybridized carbons (Fsp3) is 0.857. The summed E-state index contributed by atoms with van der Waals surface area (Å²) in [7, 11) is 0. The van der Waals surface area contributed by atoms with Crippen molar-refractivity contribution in [3.8, 4) is 0 Å². The smallest absolute Gasteiger partial charge is 0.317 e. The summed E-state index contributed by atoms with van der Waals surface area (Å²) in [5.74, 6) is -0.727. The van der Waals surface area contributed by atoms with Crippen molar-refractivity contribution in [1.29, 1.82) is 0 Å². The van der Waals surface area contributed by atoms with Crippen LogP contribution in [0.15, 0.2) is 0 Å². The highest BCUT2D eigenvalue weighted by Crippen LogP contribution is 2.07. The van der Waals surface area contributed by atoms with E-state index in [4.69, 9.17) is 5.11 Å². The van der Waals surface area contributed by atoms with Gasteiger partial charge in [-0.15, -0.1) is 0 Å². The summed E-state index contributed by atoms with van der Waals surface area (Å²) in [6.07, 6.45) is 2.05. The second-order valence-electron chi connectivity index (χ2n) is 5.58. The van der Waals surface area contributed by atoms with Gasteiger partial charge in [-0.05, 0) is 20.3 Å². The fourth-order valence-electron chi connectivity index (χ4n) is 2.53. The highest BCUT2D eigenvalue weighted by molar-refractivity contribution is 5.81. The zero-order valence-corrected chi connectivity index (χ0v) is 12.8. The van der Waals surface area contributed by atoms with Gasteiger partial charge in [0.2, 0.25) is 5.91 Å². The summed E-state index contributed by atoms with van der Waals surface area (Å²) in [4.78, 5) is 26.8. The van der Waals surface area contributed by atoms with Crippen LogP contribution in [0.3, 0.4) is 0 Å². The summed E-state index contributed by atoms with van der Waals surface area (Å²) >= 11 is 0. The summed E-state index contributed by atoms with van der Waals surface area (Å²) < 4.78 is 0. The standard InChI is InChI=1S/C14H27N3O3/c1-4-5-11(2)15-14(20)12(3)17-8-6-16(7-9-17)10-13(18)19/h11-12H,4-10H2,1-3H3,(H,15,20)(H,18,19). The molecule has 1 rings (SSSR count). The molecule has 0 saturated carbocycles. The molecule has 6 nitrogen and oxygen atoms in total. The summed E-state index contributed by atoms with van der Waals surface area (Å²) in [6, 6.07) is 0.0598. The molecule has 1 aliphatic rings.